The van der Waals surface area contributed by atoms with Gasteiger partial charge in [-0.25, -0.2) is 0 Å². The molecule has 0 bridgehead atoms. The number of pyridine rings is 1. The molecule has 0 aliphatic carbocycles. The molecule has 0 N–H and O–H groups in total. The van der Waals surface area contributed by atoms with Crippen LogP contribution in [0.5, 0.6) is 0 Å². The molecule has 0 aliphatic rings. The molecule has 0 fully saturated rings. The van der Waals surface area contributed by atoms with Gasteiger partial charge in [0.15, 0.2) is 7.85 Å². The van der Waals surface area contributed by atoms with E-state index in [0.717, 1.165) is 16.9 Å². The highest BCUT2D eigenvalue weighted by Crippen LogP contribution is 2.31. The molecule has 4 rings (SSSR count). The van der Waals surface area contributed by atoms with Crippen molar-refractivity contribution in [3.05, 3.63) is 83.4 Å². The molecule has 0 atom stereocenters. The maximum atomic E-state index is 4.84. The van der Waals surface area contributed by atoms with Crippen LogP contribution in [0.3, 0.4) is 0 Å². The number of aryl methyl sites for hydroxylation is 3. The van der Waals surface area contributed by atoms with Crippen molar-refractivity contribution < 1.29 is 0 Å². The SMILES string of the molecule is Bc1cc2cc(C)ccc2c(-c2ccc(-c3c(C)cccc3C)cc2)n1. The monoisotopic (exact) mass is 335 g/mol. The van der Waals surface area contributed by atoms with E-state index in [1.165, 1.54) is 38.6 Å². The number of fused-ring (bicyclic) bond motifs is 1. The Morgan fingerprint density at radius 2 is 1.38 bits per heavy atom. The van der Waals surface area contributed by atoms with Crippen molar-refractivity contribution in [1.82, 2.24) is 4.98 Å². The Bertz CT molecular complexity index is 1090. The lowest BCUT2D eigenvalue weighted by molar-refractivity contribution is 1.37. The van der Waals surface area contributed by atoms with Crippen molar-refractivity contribution in [2.45, 2.75) is 20.8 Å². The lowest BCUT2D eigenvalue weighted by Gasteiger charge is -2.12. The van der Waals surface area contributed by atoms with Crippen molar-refractivity contribution in [2.75, 3.05) is 0 Å². The largest absolute Gasteiger partial charge is 0.263 e. The Balaban J connectivity index is 1.84. The van der Waals surface area contributed by atoms with Crippen LogP contribution in [0.2, 0.25) is 0 Å². The van der Waals surface area contributed by atoms with E-state index < -0.39 is 0 Å². The highest BCUT2D eigenvalue weighted by molar-refractivity contribution is 6.32. The van der Waals surface area contributed by atoms with E-state index >= 15 is 0 Å². The van der Waals surface area contributed by atoms with E-state index in [1.54, 1.807) is 0 Å². The second-order valence-electron chi connectivity index (χ2n) is 7.18. The maximum Gasteiger partial charge on any atom is 0.163 e. The molecule has 0 aliphatic heterocycles. The first-order valence-corrected chi connectivity index (χ1v) is 9.08. The van der Waals surface area contributed by atoms with Gasteiger partial charge in [0.05, 0.1) is 5.69 Å². The fourth-order valence-electron chi connectivity index (χ4n) is 3.80. The van der Waals surface area contributed by atoms with Crippen LogP contribution in [0, 0.1) is 20.8 Å². The van der Waals surface area contributed by atoms with Gasteiger partial charge in [-0.1, -0.05) is 66.2 Å². The number of hydrogen-bond acceptors (Lipinski definition) is 1. The van der Waals surface area contributed by atoms with E-state index in [4.69, 9.17) is 4.98 Å². The van der Waals surface area contributed by atoms with Gasteiger partial charge in [0.25, 0.3) is 0 Å². The first-order chi connectivity index (χ1) is 12.5. The quantitative estimate of drug-likeness (QED) is 0.482. The summed E-state index contributed by atoms with van der Waals surface area (Å²) in [5.74, 6) is 0. The molecular formula is C24H22BN. The Kier molecular flexibility index (Phi) is 4.12. The van der Waals surface area contributed by atoms with Gasteiger partial charge in [-0.3, -0.25) is 4.98 Å². The molecule has 0 saturated carbocycles. The predicted molar refractivity (Wildman–Crippen MR) is 115 cm³/mol. The van der Waals surface area contributed by atoms with Crippen molar-refractivity contribution in [3.63, 3.8) is 0 Å². The van der Waals surface area contributed by atoms with Crippen LogP contribution in [0.4, 0.5) is 0 Å². The van der Waals surface area contributed by atoms with Gasteiger partial charge < -0.3 is 0 Å². The summed E-state index contributed by atoms with van der Waals surface area (Å²) < 4.78 is 0. The first-order valence-electron chi connectivity index (χ1n) is 9.08. The number of rotatable bonds is 2. The molecule has 2 heteroatoms. The highest BCUT2D eigenvalue weighted by atomic mass is 14.7. The fraction of sp³-hybridized carbons (Fsp3) is 0.125. The second-order valence-corrected chi connectivity index (χ2v) is 7.18. The zero-order valence-corrected chi connectivity index (χ0v) is 15.8. The van der Waals surface area contributed by atoms with E-state index in [0.29, 0.717) is 0 Å². The van der Waals surface area contributed by atoms with Crippen LogP contribution >= 0.6 is 0 Å². The molecule has 0 saturated heterocycles. The Morgan fingerprint density at radius 3 is 2.08 bits per heavy atom. The van der Waals surface area contributed by atoms with Crippen LogP contribution in [-0.2, 0) is 0 Å². The molecule has 126 valence electrons. The van der Waals surface area contributed by atoms with E-state index in [2.05, 4.69) is 95.3 Å². The summed E-state index contributed by atoms with van der Waals surface area (Å²) in [5, 5.41) is 2.47. The van der Waals surface area contributed by atoms with Crippen LogP contribution in [0.1, 0.15) is 16.7 Å². The summed E-state index contributed by atoms with van der Waals surface area (Å²) in [6.45, 7) is 6.48. The zero-order valence-electron chi connectivity index (χ0n) is 15.8. The third-order valence-corrected chi connectivity index (χ3v) is 5.04. The second kappa shape index (κ2) is 6.46. The molecule has 3 aromatic carbocycles. The standard InChI is InChI=1S/C24H22BN/c1-15-7-12-21-20(13-15)14-22(25)26-24(21)19-10-8-18(9-11-19)23-16(2)5-4-6-17(23)3/h4-14H,25H2,1-3H3. The average Bonchev–Trinajstić information content (AvgIpc) is 2.61. The molecule has 1 nitrogen and oxygen atoms in total. The smallest absolute Gasteiger partial charge is 0.163 e. The van der Waals surface area contributed by atoms with Crippen LogP contribution in [-0.4, -0.2) is 12.8 Å². The van der Waals surface area contributed by atoms with Gasteiger partial charge in [0.2, 0.25) is 0 Å². The van der Waals surface area contributed by atoms with Gasteiger partial charge in [-0.05, 0) is 60.1 Å². The van der Waals surface area contributed by atoms with E-state index in [1.807, 2.05) is 0 Å². The van der Waals surface area contributed by atoms with Crippen LogP contribution < -0.4 is 5.59 Å². The van der Waals surface area contributed by atoms with E-state index in [9.17, 15) is 0 Å². The summed E-state index contributed by atoms with van der Waals surface area (Å²) in [6, 6.07) is 24.0. The van der Waals surface area contributed by atoms with Gasteiger partial charge in [-0.2, -0.15) is 0 Å². The zero-order chi connectivity index (χ0) is 18.3. The third-order valence-electron chi connectivity index (χ3n) is 5.04. The lowest BCUT2D eigenvalue weighted by Crippen LogP contribution is -2.09. The molecule has 26 heavy (non-hydrogen) atoms. The molecule has 1 heterocycles. The summed E-state index contributed by atoms with van der Waals surface area (Å²) in [5.41, 5.74) is 9.77. The van der Waals surface area contributed by atoms with Crippen molar-refractivity contribution >= 4 is 24.2 Å². The van der Waals surface area contributed by atoms with E-state index in [-0.39, 0.29) is 0 Å². The minimum atomic E-state index is 1.05. The topological polar surface area (TPSA) is 12.9 Å². The van der Waals surface area contributed by atoms with Gasteiger partial charge in [0.1, 0.15) is 0 Å². The first kappa shape index (κ1) is 16.6. The molecule has 0 amide bonds. The molecule has 0 unspecified atom stereocenters. The number of aromatic nitrogens is 1. The predicted octanol–water partition coefficient (Wildman–Crippen LogP) is 4.75. The minimum Gasteiger partial charge on any atom is -0.263 e. The Labute approximate surface area is 156 Å². The van der Waals surface area contributed by atoms with Crippen LogP contribution in [0.15, 0.2) is 66.7 Å². The normalized spacial score (nSPS) is 11.0. The summed E-state index contributed by atoms with van der Waals surface area (Å²) >= 11 is 0. The molecule has 0 radical (unpaired) electrons. The minimum absolute atomic E-state index is 1.05. The number of nitrogens with zero attached hydrogens (tertiary/aromatic N) is 1. The van der Waals surface area contributed by atoms with Gasteiger partial charge >= 0.3 is 0 Å². The summed E-state index contributed by atoms with van der Waals surface area (Å²) in [7, 11) is 2.07. The third kappa shape index (κ3) is 2.92. The van der Waals surface area contributed by atoms with Gasteiger partial charge in [-0.15, -0.1) is 0 Å². The van der Waals surface area contributed by atoms with Crippen molar-refractivity contribution in [1.29, 1.82) is 0 Å². The highest BCUT2D eigenvalue weighted by Gasteiger charge is 2.09. The maximum absolute atomic E-state index is 4.84. The number of hydrogen-bond donors (Lipinski definition) is 0. The molecule has 0 spiro atoms. The average molecular weight is 335 g/mol. The Hall–Kier alpha value is -2.87. The summed E-state index contributed by atoms with van der Waals surface area (Å²) in [6.07, 6.45) is 0. The fourth-order valence-corrected chi connectivity index (χ4v) is 3.80. The van der Waals surface area contributed by atoms with Crippen molar-refractivity contribution in [2.24, 2.45) is 0 Å². The lowest BCUT2D eigenvalue weighted by atomic mass is 9.93. The van der Waals surface area contributed by atoms with Crippen molar-refractivity contribution in [3.8, 4) is 22.4 Å². The summed E-state index contributed by atoms with van der Waals surface area (Å²) in [4.78, 5) is 4.84. The Morgan fingerprint density at radius 1 is 0.731 bits per heavy atom. The molecular weight excluding hydrogens is 313 g/mol. The number of benzene rings is 3. The van der Waals surface area contributed by atoms with Gasteiger partial charge in [0, 0.05) is 10.9 Å². The molecule has 1 aromatic heterocycles. The van der Waals surface area contributed by atoms with Crippen LogP contribution in [0.25, 0.3) is 33.2 Å². The molecule has 4 aromatic rings.